The van der Waals surface area contributed by atoms with Crippen LogP contribution >= 0.6 is 0 Å². The average Bonchev–Trinajstić information content (AvgIpc) is 2.45. The number of carbonyl (C=O) groups is 1. The normalized spacial score (nSPS) is 14.4. The number of nitrogens with two attached hydrogens (primary N) is 1. The van der Waals surface area contributed by atoms with Crippen LogP contribution in [0, 0.1) is 0 Å². The summed E-state index contributed by atoms with van der Waals surface area (Å²) < 4.78 is 0. The minimum Gasteiger partial charge on any atom is -0.368 e. The molecule has 0 saturated heterocycles. The van der Waals surface area contributed by atoms with Crippen molar-refractivity contribution in [2.45, 2.75) is 12.0 Å². The highest BCUT2D eigenvalue weighted by Crippen LogP contribution is 2.21. The van der Waals surface area contributed by atoms with Crippen LogP contribution in [0.1, 0.15) is 12.0 Å². The van der Waals surface area contributed by atoms with Gasteiger partial charge in [0.05, 0.1) is 0 Å². The number of hydrogen-bond acceptors (Lipinski definition) is 4. The number of primary amides is 1. The minimum atomic E-state index is -0.853. The number of hydrogen-bond donors (Lipinski definition) is 2. The monoisotopic (exact) mass is 292 g/mol. The lowest BCUT2D eigenvalue weighted by Gasteiger charge is -2.35. The van der Waals surface area contributed by atoms with Gasteiger partial charge in [0.15, 0.2) is 0 Å². The third kappa shape index (κ3) is 4.81. The van der Waals surface area contributed by atoms with E-state index in [9.17, 15) is 4.79 Å². The first-order chi connectivity index (χ1) is 9.92. The second-order valence-electron chi connectivity index (χ2n) is 5.78. The van der Waals surface area contributed by atoms with Gasteiger partial charge >= 0.3 is 0 Å². The Hall–Kier alpha value is -1.43. The van der Waals surface area contributed by atoms with Gasteiger partial charge in [0.1, 0.15) is 5.54 Å². The van der Waals surface area contributed by atoms with Gasteiger partial charge in [-0.25, -0.2) is 0 Å². The molecule has 0 spiro atoms. The van der Waals surface area contributed by atoms with E-state index >= 15 is 0 Å². The summed E-state index contributed by atoms with van der Waals surface area (Å²) in [5.41, 5.74) is 5.75. The van der Waals surface area contributed by atoms with E-state index in [1.807, 2.05) is 37.4 Å². The zero-order chi connectivity index (χ0) is 15.9. The summed E-state index contributed by atoms with van der Waals surface area (Å²) in [6.45, 7) is 2.50. The first kappa shape index (κ1) is 17.6. The van der Waals surface area contributed by atoms with Crippen molar-refractivity contribution in [3.8, 4) is 0 Å². The summed E-state index contributed by atoms with van der Waals surface area (Å²) in [4.78, 5) is 16.4. The molecule has 0 aliphatic carbocycles. The first-order valence-electron chi connectivity index (χ1n) is 7.30. The molecule has 5 heteroatoms. The van der Waals surface area contributed by atoms with Gasteiger partial charge < -0.3 is 20.9 Å². The van der Waals surface area contributed by atoms with Gasteiger partial charge in [-0.05, 0) is 53.3 Å². The van der Waals surface area contributed by atoms with Gasteiger partial charge in [-0.3, -0.25) is 4.79 Å². The van der Waals surface area contributed by atoms with Crippen LogP contribution in [0.4, 0.5) is 0 Å². The van der Waals surface area contributed by atoms with Gasteiger partial charge in [-0.1, -0.05) is 30.3 Å². The second kappa shape index (κ2) is 8.12. The maximum Gasteiger partial charge on any atom is 0.243 e. The molecular formula is C16H28N4O. The third-order valence-corrected chi connectivity index (χ3v) is 3.77. The highest BCUT2D eigenvalue weighted by molar-refractivity contribution is 5.86. The lowest BCUT2D eigenvalue weighted by atomic mass is 9.88. The summed E-state index contributed by atoms with van der Waals surface area (Å²) in [5, 5.41) is 3.13. The maximum absolute atomic E-state index is 12.1. The molecular weight excluding hydrogens is 264 g/mol. The van der Waals surface area contributed by atoms with E-state index in [1.54, 1.807) is 7.05 Å². The molecule has 1 aromatic carbocycles. The molecule has 0 aliphatic heterocycles. The number of amides is 1. The molecule has 3 N–H and O–H groups in total. The quantitative estimate of drug-likeness (QED) is 0.694. The van der Waals surface area contributed by atoms with Crippen molar-refractivity contribution in [1.82, 2.24) is 15.1 Å². The lowest BCUT2D eigenvalue weighted by Crippen LogP contribution is -2.57. The zero-order valence-corrected chi connectivity index (χ0v) is 13.6. The minimum absolute atomic E-state index is 0.351. The van der Waals surface area contributed by atoms with Crippen LogP contribution in [0.2, 0.25) is 0 Å². The number of likely N-dealkylation sites (N-methyl/N-ethyl adjacent to an activating group) is 2. The summed E-state index contributed by atoms with van der Waals surface area (Å²) in [5.74, 6) is -0.351. The zero-order valence-electron chi connectivity index (χ0n) is 13.6. The topological polar surface area (TPSA) is 61.6 Å². The van der Waals surface area contributed by atoms with E-state index in [4.69, 9.17) is 5.73 Å². The number of carbonyl (C=O) groups excluding carboxylic acids is 1. The van der Waals surface area contributed by atoms with Crippen LogP contribution in [-0.2, 0) is 10.3 Å². The molecule has 0 saturated carbocycles. The van der Waals surface area contributed by atoms with Crippen LogP contribution in [0.15, 0.2) is 30.3 Å². The first-order valence-corrected chi connectivity index (χ1v) is 7.30. The van der Waals surface area contributed by atoms with Crippen LogP contribution in [0.25, 0.3) is 0 Å². The Morgan fingerprint density at radius 3 is 2.29 bits per heavy atom. The fourth-order valence-corrected chi connectivity index (χ4v) is 2.52. The van der Waals surface area contributed by atoms with E-state index in [1.165, 1.54) is 0 Å². The number of nitrogens with zero attached hydrogens (tertiary/aromatic N) is 2. The Kier molecular flexibility index (Phi) is 6.81. The Morgan fingerprint density at radius 2 is 1.81 bits per heavy atom. The Labute approximate surface area is 128 Å². The molecule has 0 bridgehead atoms. The second-order valence-corrected chi connectivity index (χ2v) is 5.78. The predicted molar refractivity (Wildman–Crippen MR) is 87.0 cm³/mol. The van der Waals surface area contributed by atoms with Crippen molar-refractivity contribution in [3.05, 3.63) is 35.9 Å². The molecule has 21 heavy (non-hydrogen) atoms. The van der Waals surface area contributed by atoms with Gasteiger partial charge in [-0.15, -0.1) is 0 Å². The number of rotatable bonds is 9. The molecule has 0 fully saturated rings. The van der Waals surface area contributed by atoms with Crippen molar-refractivity contribution in [2.75, 3.05) is 47.8 Å². The van der Waals surface area contributed by atoms with Crippen molar-refractivity contribution in [3.63, 3.8) is 0 Å². The molecule has 1 unspecified atom stereocenters. The average molecular weight is 292 g/mol. The molecule has 1 amide bonds. The molecule has 118 valence electrons. The van der Waals surface area contributed by atoms with Gasteiger partial charge in [0.2, 0.25) is 5.91 Å². The van der Waals surface area contributed by atoms with E-state index in [0.29, 0.717) is 6.54 Å². The fraction of sp³-hybridized carbons (Fsp3) is 0.562. The van der Waals surface area contributed by atoms with Crippen molar-refractivity contribution < 1.29 is 4.79 Å². The van der Waals surface area contributed by atoms with Crippen molar-refractivity contribution in [2.24, 2.45) is 5.73 Å². The van der Waals surface area contributed by atoms with E-state index in [-0.39, 0.29) is 5.91 Å². The smallest absolute Gasteiger partial charge is 0.243 e. The number of benzene rings is 1. The molecule has 0 heterocycles. The summed E-state index contributed by atoms with van der Waals surface area (Å²) in [7, 11) is 7.93. The van der Waals surface area contributed by atoms with Crippen LogP contribution in [0.5, 0.6) is 0 Å². The Bertz CT molecular complexity index is 435. The van der Waals surface area contributed by atoms with Crippen molar-refractivity contribution in [1.29, 1.82) is 0 Å². The largest absolute Gasteiger partial charge is 0.368 e. The standard InChI is InChI=1S/C16H28N4O/c1-18-16(15(17)21,14-9-6-5-7-10-14)13-20(4)12-8-11-19(2)3/h5-7,9-10,18H,8,11-13H2,1-4H3,(H2,17,21). The molecule has 0 aliphatic rings. The predicted octanol–water partition coefficient (Wildman–Crippen LogP) is 0.470. The highest BCUT2D eigenvalue weighted by Gasteiger charge is 2.37. The molecule has 1 aromatic rings. The van der Waals surface area contributed by atoms with Crippen LogP contribution < -0.4 is 11.1 Å². The molecule has 1 atom stereocenters. The third-order valence-electron chi connectivity index (χ3n) is 3.77. The lowest BCUT2D eigenvalue weighted by molar-refractivity contribution is -0.125. The highest BCUT2D eigenvalue weighted by atomic mass is 16.1. The maximum atomic E-state index is 12.1. The van der Waals surface area contributed by atoms with Gasteiger partial charge in [0.25, 0.3) is 0 Å². The van der Waals surface area contributed by atoms with E-state index in [2.05, 4.69) is 29.2 Å². The fourth-order valence-electron chi connectivity index (χ4n) is 2.52. The van der Waals surface area contributed by atoms with Crippen LogP contribution in [0.3, 0.4) is 0 Å². The van der Waals surface area contributed by atoms with Crippen molar-refractivity contribution >= 4 is 5.91 Å². The molecule has 1 rings (SSSR count). The summed E-state index contributed by atoms with van der Waals surface area (Å²) >= 11 is 0. The SMILES string of the molecule is CNC(CN(C)CCCN(C)C)(C(N)=O)c1ccccc1. The van der Waals surface area contributed by atoms with Gasteiger partial charge in [0, 0.05) is 6.54 Å². The number of nitrogens with one attached hydrogen (secondary N) is 1. The summed E-state index contributed by atoms with van der Waals surface area (Å²) in [6, 6.07) is 9.67. The Morgan fingerprint density at radius 1 is 1.19 bits per heavy atom. The van der Waals surface area contributed by atoms with Crippen LogP contribution in [-0.4, -0.2) is 63.5 Å². The van der Waals surface area contributed by atoms with E-state index in [0.717, 1.165) is 25.1 Å². The summed E-state index contributed by atoms with van der Waals surface area (Å²) in [6.07, 6.45) is 1.05. The van der Waals surface area contributed by atoms with E-state index < -0.39 is 5.54 Å². The Balaban J connectivity index is 2.82. The molecule has 5 nitrogen and oxygen atoms in total. The van der Waals surface area contributed by atoms with Gasteiger partial charge in [-0.2, -0.15) is 0 Å². The molecule has 0 aromatic heterocycles. The molecule has 0 radical (unpaired) electrons.